The maximum atomic E-state index is 5.69. The zero-order valence-corrected chi connectivity index (χ0v) is 18.5. The van der Waals surface area contributed by atoms with Gasteiger partial charge in [-0.15, -0.1) is 0 Å². The first-order valence-electron chi connectivity index (χ1n) is 10.3. The molecule has 151 valence electrons. The van der Waals surface area contributed by atoms with E-state index in [1.807, 2.05) is 0 Å². The molecule has 25 heavy (non-hydrogen) atoms. The molecule has 0 bridgehead atoms. The lowest BCUT2D eigenvalue weighted by atomic mass is 9.84. The van der Waals surface area contributed by atoms with Crippen LogP contribution in [-0.2, 0) is 9.47 Å². The average molecular weight is 357 g/mol. The van der Waals surface area contributed by atoms with Crippen molar-refractivity contribution in [3.63, 3.8) is 0 Å². The van der Waals surface area contributed by atoms with Gasteiger partial charge in [0.1, 0.15) is 0 Å². The summed E-state index contributed by atoms with van der Waals surface area (Å²) < 4.78 is 11.4. The minimum absolute atomic E-state index is 0.416. The van der Waals surface area contributed by atoms with Crippen molar-refractivity contribution in [3.8, 4) is 0 Å². The fraction of sp³-hybridized carbons (Fsp3) is 1.00. The molecule has 3 heteroatoms. The van der Waals surface area contributed by atoms with Gasteiger partial charge in [-0.1, -0.05) is 55.4 Å². The van der Waals surface area contributed by atoms with E-state index in [0.717, 1.165) is 64.2 Å². The van der Waals surface area contributed by atoms with E-state index in [1.54, 1.807) is 0 Å². The molecular formula is C22H46NO2. The molecule has 0 aromatic heterocycles. The Kier molecular flexibility index (Phi) is 13.0. The molecule has 3 nitrogen and oxygen atoms in total. The van der Waals surface area contributed by atoms with Crippen LogP contribution in [0.4, 0.5) is 0 Å². The highest BCUT2D eigenvalue weighted by Gasteiger charge is 2.15. The van der Waals surface area contributed by atoms with Crippen LogP contribution in [0.5, 0.6) is 0 Å². The van der Waals surface area contributed by atoms with Gasteiger partial charge in [-0.2, -0.15) is 0 Å². The van der Waals surface area contributed by atoms with Crippen LogP contribution >= 0.6 is 0 Å². The molecule has 0 aliphatic carbocycles. The fourth-order valence-electron chi connectivity index (χ4n) is 3.44. The zero-order valence-electron chi connectivity index (χ0n) is 18.5. The van der Waals surface area contributed by atoms with Crippen LogP contribution in [0.15, 0.2) is 0 Å². The molecule has 1 radical (unpaired) electrons. The SMILES string of the molecule is CC(CCOCC[N]CCOCCC(C)CC(C)(C)C)CC(C)(C)C. The summed E-state index contributed by atoms with van der Waals surface area (Å²) in [5.41, 5.74) is 0.832. The summed E-state index contributed by atoms with van der Waals surface area (Å²) in [6.07, 6.45) is 4.80. The summed E-state index contributed by atoms with van der Waals surface area (Å²) in [5, 5.41) is 4.47. The Labute approximate surface area is 158 Å². The first kappa shape index (κ1) is 24.9. The van der Waals surface area contributed by atoms with Crippen LogP contribution in [0.25, 0.3) is 0 Å². The van der Waals surface area contributed by atoms with E-state index in [2.05, 4.69) is 60.7 Å². The van der Waals surface area contributed by atoms with Crippen molar-refractivity contribution in [2.75, 3.05) is 39.5 Å². The molecule has 0 saturated heterocycles. The molecule has 0 aliphatic heterocycles. The monoisotopic (exact) mass is 356 g/mol. The highest BCUT2D eigenvalue weighted by atomic mass is 16.5. The Morgan fingerprint density at radius 3 is 1.32 bits per heavy atom. The van der Waals surface area contributed by atoms with Crippen LogP contribution in [0.2, 0.25) is 0 Å². The maximum absolute atomic E-state index is 5.69. The van der Waals surface area contributed by atoms with Gasteiger partial charge in [0.25, 0.3) is 0 Å². The predicted octanol–water partition coefficient (Wildman–Crippen LogP) is 5.55. The van der Waals surface area contributed by atoms with Gasteiger partial charge in [-0.25, -0.2) is 5.32 Å². The van der Waals surface area contributed by atoms with Gasteiger partial charge >= 0.3 is 0 Å². The quantitative estimate of drug-likeness (QED) is 0.382. The first-order valence-corrected chi connectivity index (χ1v) is 10.3. The molecule has 0 saturated carbocycles. The average Bonchev–Trinajstić information content (AvgIpc) is 2.40. The lowest BCUT2D eigenvalue weighted by Crippen LogP contribution is -2.19. The van der Waals surface area contributed by atoms with E-state index in [1.165, 1.54) is 12.8 Å². The normalized spacial score (nSPS) is 15.4. The molecule has 0 aromatic carbocycles. The Morgan fingerprint density at radius 1 is 0.640 bits per heavy atom. The topological polar surface area (TPSA) is 32.6 Å². The van der Waals surface area contributed by atoms with Gasteiger partial charge in [-0.05, 0) is 48.3 Å². The molecule has 0 N–H and O–H groups in total. The van der Waals surface area contributed by atoms with E-state index in [0.29, 0.717) is 10.8 Å². The number of rotatable bonds is 14. The first-order chi connectivity index (χ1) is 11.5. The molecular weight excluding hydrogens is 310 g/mol. The molecule has 0 rings (SSSR count). The summed E-state index contributed by atoms with van der Waals surface area (Å²) in [6.45, 7) is 23.2. The lowest BCUT2D eigenvalue weighted by molar-refractivity contribution is 0.104. The van der Waals surface area contributed by atoms with Crippen molar-refractivity contribution in [1.82, 2.24) is 5.32 Å². The third kappa shape index (κ3) is 20.0. The van der Waals surface area contributed by atoms with Crippen LogP contribution in [-0.4, -0.2) is 39.5 Å². The minimum Gasteiger partial charge on any atom is -0.380 e. The third-order valence-electron chi connectivity index (χ3n) is 4.22. The van der Waals surface area contributed by atoms with Gasteiger partial charge in [0, 0.05) is 26.3 Å². The van der Waals surface area contributed by atoms with Crippen LogP contribution < -0.4 is 5.32 Å². The van der Waals surface area contributed by atoms with E-state index < -0.39 is 0 Å². The summed E-state index contributed by atoms with van der Waals surface area (Å²) in [4.78, 5) is 0. The standard InChI is InChI=1S/C22H46NO2/c1-19(17-21(3,4)5)9-13-24-15-11-23-12-16-25-14-10-20(2)18-22(6,7)8/h19-20H,9-18H2,1-8H3. The molecule has 0 spiro atoms. The Morgan fingerprint density at radius 2 is 1.00 bits per heavy atom. The molecule has 2 unspecified atom stereocenters. The second-order valence-electron chi connectivity index (χ2n) is 10.2. The predicted molar refractivity (Wildman–Crippen MR) is 109 cm³/mol. The lowest BCUT2D eigenvalue weighted by Gasteiger charge is -2.23. The van der Waals surface area contributed by atoms with Gasteiger partial charge in [-0.3, -0.25) is 0 Å². The highest BCUT2D eigenvalue weighted by Crippen LogP contribution is 2.26. The van der Waals surface area contributed by atoms with Crippen molar-refractivity contribution < 1.29 is 9.47 Å². The van der Waals surface area contributed by atoms with Crippen LogP contribution in [0, 0.1) is 22.7 Å². The largest absolute Gasteiger partial charge is 0.380 e. The highest BCUT2D eigenvalue weighted by molar-refractivity contribution is 4.67. The maximum Gasteiger partial charge on any atom is 0.0607 e. The number of nitrogens with zero attached hydrogens (tertiary/aromatic N) is 1. The summed E-state index contributed by atoms with van der Waals surface area (Å²) in [6, 6.07) is 0. The zero-order chi connectivity index (χ0) is 19.3. The Hall–Kier alpha value is -0.120. The van der Waals surface area contributed by atoms with Crippen LogP contribution in [0.3, 0.4) is 0 Å². The van der Waals surface area contributed by atoms with Gasteiger partial charge < -0.3 is 9.47 Å². The van der Waals surface area contributed by atoms with Crippen molar-refractivity contribution >= 4 is 0 Å². The molecule has 0 fully saturated rings. The molecule has 0 aromatic rings. The smallest absolute Gasteiger partial charge is 0.0607 e. The second-order valence-corrected chi connectivity index (χ2v) is 10.2. The third-order valence-corrected chi connectivity index (χ3v) is 4.22. The van der Waals surface area contributed by atoms with Crippen LogP contribution in [0.1, 0.15) is 81.1 Å². The number of hydrogen-bond donors (Lipinski definition) is 0. The fourth-order valence-corrected chi connectivity index (χ4v) is 3.44. The Bertz CT molecular complexity index is 274. The second kappa shape index (κ2) is 13.1. The number of ether oxygens (including phenoxy) is 2. The van der Waals surface area contributed by atoms with E-state index in [9.17, 15) is 0 Å². The number of hydrogen-bond acceptors (Lipinski definition) is 2. The Balaban J connectivity index is 3.32. The minimum atomic E-state index is 0.416. The van der Waals surface area contributed by atoms with Crippen molar-refractivity contribution in [3.05, 3.63) is 0 Å². The van der Waals surface area contributed by atoms with Crippen molar-refractivity contribution in [2.24, 2.45) is 22.7 Å². The van der Waals surface area contributed by atoms with E-state index in [4.69, 9.17) is 9.47 Å². The molecule has 2 atom stereocenters. The molecule has 0 amide bonds. The van der Waals surface area contributed by atoms with Crippen molar-refractivity contribution in [2.45, 2.75) is 81.1 Å². The van der Waals surface area contributed by atoms with Crippen molar-refractivity contribution in [1.29, 1.82) is 0 Å². The van der Waals surface area contributed by atoms with Gasteiger partial charge in [0.15, 0.2) is 0 Å². The van der Waals surface area contributed by atoms with Gasteiger partial charge in [0.2, 0.25) is 0 Å². The summed E-state index contributed by atoms with van der Waals surface area (Å²) in [5.74, 6) is 1.46. The van der Waals surface area contributed by atoms with Gasteiger partial charge in [0.05, 0.1) is 13.2 Å². The summed E-state index contributed by atoms with van der Waals surface area (Å²) in [7, 11) is 0. The van der Waals surface area contributed by atoms with E-state index in [-0.39, 0.29) is 0 Å². The summed E-state index contributed by atoms with van der Waals surface area (Å²) >= 11 is 0. The molecule has 0 heterocycles. The molecule has 0 aliphatic rings. The van der Waals surface area contributed by atoms with E-state index >= 15 is 0 Å².